The van der Waals surface area contributed by atoms with Crippen molar-refractivity contribution in [2.24, 2.45) is 0 Å². The summed E-state index contributed by atoms with van der Waals surface area (Å²) in [4.78, 5) is 5.57. The first-order valence-corrected chi connectivity index (χ1v) is 7.98. The lowest BCUT2D eigenvalue weighted by molar-refractivity contribution is 1.24. The van der Waals surface area contributed by atoms with Crippen molar-refractivity contribution in [3.63, 3.8) is 0 Å². The van der Waals surface area contributed by atoms with E-state index in [1.165, 1.54) is 4.88 Å². The first-order valence-electron chi connectivity index (χ1n) is 5.06. The zero-order valence-electron chi connectivity index (χ0n) is 9.02. The fraction of sp³-hybridized carbons (Fsp3) is 0.154. The monoisotopic (exact) mass is 323 g/mol. The van der Waals surface area contributed by atoms with E-state index in [1.54, 1.807) is 23.1 Å². The maximum absolute atomic E-state index is 4.32. The number of aromatic nitrogens is 1. The summed E-state index contributed by atoms with van der Waals surface area (Å²) < 4.78 is 1.09. The molecule has 2 rings (SSSR count). The first-order chi connectivity index (χ1) is 8.38. The molecule has 1 nitrogen and oxygen atoms in total. The fourth-order valence-electron chi connectivity index (χ4n) is 1.18. The van der Waals surface area contributed by atoms with Gasteiger partial charge in [-0.1, -0.05) is 57.7 Å². The van der Waals surface area contributed by atoms with E-state index < -0.39 is 0 Å². The van der Waals surface area contributed by atoms with E-state index in [2.05, 4.69) is 32.8 Å². The van der Waals surface area contributed by atoms with Gasteiger partial charge in [0, 0.05) is 22.0 Å². The van der Waals surface area contributed by atoms with Crippen LogP contribution in [0.2, 0.25) is 0 Å². The second-order valence-electron chi connectivity index (χ2n) is 3.18. The largest absolute Gasteiger partial charge is 0.238 e. The minimum atomic E-state index is 0.782. The number of hydrogen-bond acceptors (Lipinski definition) is 3. The second kappa shape index (κ2) is 6.85. The molecule has 0 aliphatic rings. The highest BCUT2D eigenvalue weighted by Crippen LogP contribution is 2.24. The Kier molecular flexibility index (Phi) is 5.11. The molecule has 2 aromatic rings. The third-order valence-electron chi connectivity index (χ3n) is 1.94. The molecule has 0 spiro atoms. The first kappa shape index (κ1) is 12.7. The van der Waals surface area contributed by atoms with Crippen molar-refractivity contribution >= 4 is 39.0 Å². The lowest BCUT2D eigenvalue weighted by atomic mass is 10.2. The Hall–Kier alpha value is -0.760. The number of rotatable bonds is 3. The van der Waals surface area contributed by atoms with Crippen molar-refractivity contribution in [2.45, 2.75) is 9.67 Å². The summed E-state index contributed by atoms with van der Waals surface area (Å²) in [6.07, 6.45) is 1.91. The molecule has 17 heavy (non-hydrogen) atoms. The van der Waals surface area contributed by atoms with Crippen LogP contribution in [-0.2, 0) is 5.33 Å². The van der Waals surface area contributed by atoms with Crippen LogP contribution in [-0.4, -0.2) is 10.7 Å². The number of alkyl halides is 1. The zero-order valence-corrected chi connectivity index (χ0v) is 12.2. The Labute approximate surface area is 118 Å². The van der Waals surface area contributed by atoms with Crippen LogP contribution in [0.4, 0.5) is 0 Å². The minimum absolute atomic E-state index is 0.782. The molecule has 1 aromatic heterocycles. The average Bonchev–Trinajstić information content (AvgIpc) is 2.84. The molecule has 4 heteroatoms. The molecular formula is C13H10BrNS2. The topological polar surface area (TPSA) is 12.9 Å². The van der Waals surface area contributed by atoms with Crippen molar-refractivity contribution in [2.75, 3.05) is 5.75 Å². The van der Waals surface area contributed by atoms with Crippen LogP contribution in [0.15, 0.2) is 40.9 Å². The zero-order chi connectivity index (χ0) is 11.9. The predicted octanol–water partition coefficient (Wildman–Crippen LogP) is 4.18. The number of nitrogens with zero attached hydrogens (tertiary/aromatic N) is 1. The summed E-state index contributed by atoms with van der Waals surface area (Å²) in [6.45, 7) is 0. The van der Waals surface area contributed by atoms with E-state index in [9.17, 15) is 0 Å². The maximum atomic E-state index is 4.32. The number of thiazole rings is 1. The van der Waals surface area contributed by atoms with Crippen molar-refractivity contribution in [1.29, 1.82) is 0 Å². The summed E-state index contributed by atoms with van der Waals surface area (Å²) in [5, 5.41) is 0.876. The lowest BCUT2D eigenvalue weighted by Gasteiger charge is -1.88. The van der Waals surface area contributed by atoms with E-state index >= 15 is 0 Å². The van der Waals surface area contributed by atoms with Gasteiger partial charge in [-0.15, -0.1) is 11.3 Å². The average molecular weight is 324 g/mol. The molecule has 0 fully saturated rings. The molecule has 0 saturated heterocycles. The van der Waals surface area contributed by atoms with Gasteiger partial charge in [-0.05, 0) is 12.1 Å². The molecule has 0 N–H and O–H groups in total. The highest BCUT2D eigenvalue weighted by molar-refractivity contribution is 9.08. The van der Waals surface area contributed by atoms with Gasteiger partial charge >= 0.3 is 0 Å². The Morgan fingerprint density at radius 2 is 2.12 bits per heavy atom. The fourth-order valence-corrected chi connectivity index (χ4v) is 3.28. The van der Waals surface area contributed by atoms with Gasteiger partial charge in [-0.25, -0.2) is 4.98 Å². The Morgan fingerprint density at radius 1 is 1.29 bits per heavy atom. The predicted molar refractivity (Wildman–Crippen MR) is 78.8 cm³/mol. The SMILES string of the molecule is BrCc1cnc(SCC#Cc2ccccc2)s1. The second-order valence-corrected chi connectivity index (χ2v) is 6.08. The number of halogens is 1. The third-order valence-corrected chi connectivity index (χ3v) is 4.95. The molecule has 0 bridgehead atoms. The van der Waals surface area contributed by atoms with Gasteiger partial charge in [-0.3, -0.25) is 0 Å². The normalized spacial score (nSPS) is 9.71. The molecule has 0 unspecified atom stereocenters. The number of hydrogen-bond donors (Lipinski definition) is 0. The van der Waals surface area contributed by atoms with Crippen LogP contribution in [0.5, 0.6) is 0 Å². The number of benzene rings is 1. The summed E-state index contributed by atoms with van der Waals surface area (Å²) in [5.74, 6) is 7.06. The van der Waals surface area contributed by atoms with E-state index in [4.69, 9.17) is 0 Å². The molecular weight excluding hydrogens is 314 g/mol. The maximum Gasteiger partial charge on any atom is 0.151 e. The van der Waals surface area contributed by atoms with Gasteiger partial charge in [0.1, 0.15) is 0 Å². The highest BCUT2D eigenvalue weighted by atomic mass is 79.9. The Balaban J connectivity index is 1.86. The molecule has 0 aliphatic carbocycles. The van der Waals surface area contributed by atoms with Crippen molar-refractivity contribution < 1.29 is 0 Å². The summed E-state index contributed by atoms with van der Waals surface area (Å²) in [6, 6.07) is 10.0. The van der Waals surface area contributed by atoms with Crippen molar-refractivity contribution in [1.82, 2.24) is 4.98 Å². The summed E-state index contributed by atoms with van der Waals surface area (Å²) >= 11 is 6.82. The van der Waals surface area contributed by atoms with Crippen LogP contribution < -0.4 is 0 Å². The molecule has 0 aliphatic heterocycles. The molecule has 86 valence electrons. The molecule has 1 heterocycles. The van der Waals surface area contributed by atoms with Crippen molar-refractivity contribution in [3.8, 4) is 11.8 Å². The van der Waals surface area contributed by atoms with E-state index in [0.717, 1.165) is 21.0 Å². The van der Waals surface area contributed by atoms with Gasteiger partial charge < -0.3 is 0 Å². The van der Waals surface area contributed by atoms with Gasteiger partial charge in [0.15, 0.2) is 4.34 Å². The Morgan fingerprint density at radius 3 is 2.82 bits per heavy atom. The van der Waals surface area contributed by atoms with Crippen LogP contribution in [0.25, 0.3) is 0 Å². The summed E-state index contributed by atoms with van der Waals surface area (Å²) in [5.41, 5.74) is 1.06. The van der Waals surface area contributed by atoms with E-state index in [0.29, 0.717) is 0 Å². The van der Waals surface area contributed by atoms with Gasteiger partial charge in [0.05, 0.1) is 5.75 Å². The van der Waals surface area contributed by atoms with E-state index in [-0.39, 0.29) is 0 Å². The van der Waals surface area contributed by atoms with Gasteiger partial charge in [0.25, 0.3) is 0 Å². The standard InChI is InChI=1S/C13H10BrNS2/c14-9-12-10-15-13(17-12)16-8-4-7-11-5-2-1-3-6-11/h1-3,5-6,10H,8-9H2. The van der Waals surface area contributed by atoms with Crippen LogP contribution in [0.1, 0.15) is 10.4 Å². The molecule has 0 saturated carbocycles. The Bertz CT molecular complexity index is 525. The summed E-state index contributed by atoms with van der Waals surface area (Å²) in [7, 11) is 0. The van der Waals surface area contributed by atoms with E-state index in [1.807, 2.05) is 36.5 Å². The van der Waals surface area contributed by atoms with Crippen LogP contribution in [0, 0.1) is 11.8 Å². The van der Waals surface area contributed by atoms with Gasteiger partial charge in [-0.2, -0.15) is 0 Å². The minimum Gasteiger partial charge on any atom is -0.238 e. The van der Waals surface area contributed by atoms with Crippen LogP contribution >= 0.6 is 39.0 Å². The smallest absolute Gasteiger partial charge is 0.151 e. The highest BCUT2D eigenvalue weighted by Gasteiger charge is 1.99. The third kappa shape index (κ3) is 4.19. The van der Waals surface area contributed by atoms with Crippen LogP contribution in [0.3, 0.4) is 0 Å². The molecule has 0 radical (unpaired) electrons. The lowest BCUT2D eigenvalue weighted by Crippen LogP contribution is -1.74. The van der Waals surface area contributed by atoms with Crippen molar-refractivity contribution in [3.05, 3.63) is 47.0 Å². The quantitative estimate of drug-likeness (QED) is 0.477. The molecule has 0 amide bonds. The van der Waals surface area contributed by atoms with Gasteiger partial charge in [0.2, 0.25) is 0 Å². The number of thioether (sulfide) groups is 1. The molecule has 1 aromatic carbocycles. The molecule has 0 atom stereocenters.